The van der Waals surface area contributed by atoms with E-state index in [0.717, 1.165) is 12.0 Å². The number of rotatable bonds is 4. The lowest BCUT2D eigenvalue weighted by atomic mass is 9.97. The van der Waals surface area contributed by atoms with Crippen molar-refractivity contribution in [3.63, 3.8) is 0 Å². The summed E-state index contributed by atoms with van der Waals surface area (Å²) in [5, 5.41) is 2.80. The molecule has 27 heavy (non-hydrogen) atoms. The minimum absolute atomic E-state index is 0.311. The second-order valence-corrected chi connectivity index (χ2v) is 6.68. The number of carbonyl (C=O) groups is 2. The van der Waals surface area contributed by atoms with Gasteiger partial charge in [0, 0.05) is 44.3 Å². The molecule has 1 aromatic heterocycles. The summed E-state index contributed by atoms with van der Waals surface area (Å²) < 4.78 is 0. The number of amides is 2. The van der Waals surface area contributed by atoms with Gasteiger partial charge >= 0.3 is 11.8 Å². The van der Waals surface area contributed by atoms with Gasteiger partial charge in [-0.15, -0.1) is 0 Å². The van der Waals surface area contributed by atoms with Crippen LogP contribution in [0.2, 0.25) is 0 Å². The molecular formula is C20H25N5O2. The lowest BCUT2D eigenvalue weighted by Gasteiger charge is -2.34. The molecule has 1 aromatic carbocycles. The zero-order valence-corrected chi connectivity index (χ0v) is 15.8. The number of nitrogens with one attached hydrogen (secondary N) is 1. The number of hydrogen-bond donors (Lipinski definition) is 1. The summed E-state index contributed by atoms with van der Waals surface area (Å²) in [6.07, 6.45) is 4.36. The summed E-state index contributed by atoms with van der Waals surface area (Å²) in [7, 11) is 0. The van der Waals surface area contributed by atoms with Gasteiger partial charge in [0.05, 0.1) is 0 Å². The first-order valence-electron chi connectivity index (χ1n) is 9.31. The van der Waals surface area contributed by atoms with E-state index >= 15 is 0 Å². The van der Waals surface area contributed by atoms with Gasteiger partial charge in [-0.25, -0.2) is 9.97 Å². The molecule has 0 spiro atoms. The Bertz CT molecular complexity index is 788. The quantitative estimate of drug-likeness (QED) is 0.839. The van der Waals surface area contributed by atoms with E-state index < -0.39 is 11.8 Å². The van der Waals surface area contributed by atoms with Gasteiger partial charge in [-0.3, -0.25) is 9.59 Å². The van der Waals surface area contributed by atoms with Crippen molar-refractivity contribution in [2.75, 3.05) is 36.4 Å². The van der Waals surface area contributed by atoms with E-state index in [4.69, 9.17) is 0 Å². The highest BCUT2D eigenvalue weighted by molar-refractivity contribution is 6.39. The normalized spacial score (nSPS) is 15.3. The zero-order chi connectivity index (χ0) is 19.2. The summed E-state index contributed by atoms with van der Waals surface area (Å²) in [5.74, 6) is -0.125. The Hall–Kier alpha value is -2.96. The maximum atomic E-state index is 12.6. The third-order valence-corrected chi connectivity index (χ3v) is 4.95. The Kier molecular flexibility index (Phi) is 6.01. The predicted molar refractivity (Wildman–Crippen MR) is 105 cm³/mol. The summed E-state index contributed by atoms with van der Waals surface area (Å²) in [6.45, 7) is 6.36. The van der Waals surface area contributed by atoms with Gasteiger partial charge in [0.2, 0.25) is 5.95 Å². The number of carbonyl (C=O) groups excluding carboxylic acids is 2. The van der Waals surface area contributed by atoms with Crippen LogP contribution in [0.1, 0.15) is 31.7 Å². The highest BCUT2D eigenvalue weighted by atomic mass is 16.2. The first-order valence-corrected chi connectivity index (χ1v) is 9.31. The third-order valence-electron chi connectivity index (χ3n) is 4.95. The molecule has 7 nitrogen and oxygen atoms in total. The predicted octanol–water partition coefficient (Wildman–Crippen LogP) is 2.28. The lowest BCUT2D eigenvalue weighted by Crippen LogP contribution is -2.52. The molecule has 142 valence electrons. The average molecular weight is 367 g/mol. The molecule has 1 aliphatic heterocycles. The fourth-order valence-corrected chi connectivity index (χ4v) is 3.14. The van der Waals surface area contributed by atoms with Crippen LogP contribution in [0.3, 0.4) is 0 Å². The van der Waals surface area contributed by atoms with E-state index in [1.807, 2.05) is 29.2 Å². The van der Waals surface area contributed by atoms with Crippen LogP contribution >= 0.6 is 0 Å². The van der Waals surface area contributed by atoms with Crippen molar-refractivity contribution in [3.05, 3.63) is 48.3 Å². The first kappa shape index (κ1) is 18.8. The van der Waals surface area contributed by atoms with Crippen molar-refractivity contribution < 1.29 is 9.59 Å². The largest absolute Gasteiger partial charge is 0.337 e. The monoisotopic (exact) mass is 367 g/mol. The molecule has 3 rings (SSSR count). The molecule has 2 aromatic rings. The summed E-state index contributed by atoms with van der Waals surface area (Å²) in [5.41, 5.74) is 1.76. The molecule has 1 N–H and O–H groups in total. The van der Waals surface area contributed by atoms with Crippen molar-refractivity contribution in [2.24, 2.45) is 0 Å². The van der Waals surface area contributed by atoms with Gasteiger partial charge in [-0.2, -0.15) is 0 Å². The SMILES string of the molecule is CCC(C)c1ccccc1NC(=O)C(=O)N1CCN(c2ncccn2)CC1. The van der Waals surface area contributed by atoms with E-state index in [1.165, 1.54) is 0 Å². The van der Waals surface area contributed by atoms with E-state index in [1.54, 1.807) is 23.4 Å². The molecular weight excluding hydrogens is 342 g/mol. The van der Waals surface area contributed by atoms with Crippen LogP contribution in [0.4, 0.5) is 11.6 Å². The van der Waals surface area contributed by atoms with E-state index in [9.17, 15) is 9.59 Å². The Balaban J connectivity index is 1.60. The molecule has 0 bridgehead atoms. The van der Waals surface area contributed by atoms with Gasteiger partial charge in [0.1, 0.15) is 0 Å². The number of para-hydroxylation sites is 1. The van der Waals surface area contributed by atoms with Gasteiger partial charge in [0.25, 0.3) is 0 Å². The highest BCUT2D eigenvalue weighted by Gasteiger charge is 2.27. The first-order chi connectivity index (χ1) is 13.1. The second-order valence-electron chi connectivity index (χ2n) is 6.68. The van der Waals surface area contributed by atoms with Crippen molar-refractivity contribution >= 4 is 23.5 Å². The van der Waals surface area contributed by atoms with Gasteiger partial charge in [0.15, 0.2) is 0 Å². The van der Waals surface area contributed by atoms with Crippen molar-refractivity contribution in [1.82, 2.24) is 14.9 Å². The Labute approximate surface area is 159 Å². The smallest absolute Gasteiger partial charge is 0.313 e. The standard InChI is InChI=1S/C20H25N5O2/c1-3-15(2)16-7-4-5-8-17(16)23-18(26)19(27)24-11-13-25(14-12-24)20-21-9-6-10-22-20/h4-10,15H,3,11-14H2,1-2H3,(H,23,26). The Morgan fingerprint density at radius 1 is 1.07 bits per heavy atom. The molecule has 0 saturated carbocycles. The number of benzene rings is 1. The molecule has 1 fully saturated rings. The maximum Gasteiger partial charge on any atom is 0.313 e. The summed E-state index contributed by atoms with van der Waals surface area (Å²) >= 11 is 0. The lowest BCUT2D eigenvalue weighted by molar-refractivity contribution is -0.143. The van der Waals surface area contributed by atoms with Crippen molar-refractivity contribution in [3.8, 4) is 0 Å². The maximum absolute atomic E-state index is 12.6. The second kappa shape index (κ2) is 8.62. The molecule has 1 aliphatic rings. The Morgan fingerprint density at radius 3 is 2.41 bits per heavy atom. The fourth-order valence-electron chi connectivity index (χ4n) is 3.14. The summed E-state index contributed by atoms with van der Waals surface area (Å²) in [4.78, 5) is 37.1. The van der Waals surface area contributed by atoms with Crippen LogP contribution in [0.5, 0.6) is 0 Å². The van der Waals surface area contributed by atoms with Gasteiger partial charge < -0.3 is 15.1 Å². The molecule has 7 heteroatoms. The van der Waals surface area contributed by atoms with Crippen LogP contribution in [0.25, 0.3) is 0 Å². The van der Waals surface area contributed by atoms with E-state index in [2.05, 4.69) is 29.1 Å². The number of aromatic nitrogens is 2. The topological polar surface area (TPSA) is 78.4 Å². The van der Waals surface area contributed by atoms with Gasteiger partial charge in [-0.05, 0) is 30.0 Å². The van der Waals surface area contributed by atoms with Crippen molar-refractivity contribution in [1.29, 1.82) is 0 Å². The zero-order valence-electron chi connectivity index (χ0n) is 15.8. The number of piperazine rings is 1. The van der Waals surface area contributed by atoms with Crippen molar-refractivity contribution in [2.45, 2.75) is 26.2 Å². The minimum atomic E-state index is -0.588. The molecule has 2 amide bonds. The van der Waals surface area contributed by atoms with Gasteiger partial charge in [-0.1, -0.05) is 32.0 Å². The van der Waals surface area contributed by atoms with E-state index in [0.29, 0.717) is 43.7 Å². The number of anilines is 2. The molecule has 1 saturated heterocycles. The van der Waals surface area contributed by atoms with Crippen LogP contribution in [0, 0.1) is 0 Å². The number of nitrogens with zero attached hydrogens (tertiary/aromatic N) is 4. The number of hydrogen-bond acceptors (Lipinski definition) is 5. The van der Waals surface area contributed by atoms with Crippen LogP contribution in [-0.2, 0) is 9.59 Å². The Morgan fingerprint density at radius 2 is 1.74 bits per heavy atom. The van der Waals surface area contributed by atoms with Crippen LogP contribution in [0.15, 0.2) is 42.7 Å². The third kappa shape index (κ3) is 4.42. The highest BCUT2D eigenvalue weighted by Crippen LogP contribution is 2.26. The molecule has 1 unspecified atom stereocenters. The molecule has 0 radical (unpaired) electrons. The molecule has 2 heterocycles. The molecule has 1 atom stereocenters. The fraction of sp³-hybridized carbons (Fsp3) is 0.400. The van der Waals surface area contributed by atoms with E-state index in [-0.39, 0.29) is 0 Å². The van der Waals surface area contributed by atoms with Crippen LogP contribution in [-0.4, -0.2) is 52.9 Å². The molecule has 0 aliphatic carbocycles. The van der Waals surface area contributed by atoms with Crippen LogP contribution < -0.4 is 10.2 Å². The average Bonchev–Trinajstić information content (AvgIpc) is 2.73. The minimum Gasteiger partial charge on any atom is -0.337 e. The summed E-state index contributed by atoms with van der Waals surface area (Å²) in [6, 6.07) is 9.42.